The van der Waals surface area contributed by atoms with Gasteiger partial charge in [-0.05, 0) is 61.2 Å². The van der Waals surface area contributed by atoms with Crippen molar-refractivity contribution in [3.63, 3.8) is 0 Å². The number of rotatable bonds is 8. The molecule has 2 amide bonds. The summed E-state index contributed by atoms with van der Waals surface area (Å²) in [7, 11) is 0. The molecular formula is C28H28N2O4S. The zero-order valence-electron chi connectivity index (χ0n) is 19.8. The van der Waals surface area contributed by atoms with Crippen molar-refractivity contribution in [3.05, 3.63) is 101 Å². The first kappa shape index (κ1) is 24.5. The Morgan fingerprint density at radius 2 is 1.77 bits per heavy atom. The second-order valence-electron chi connectivity index (χ2n) is 8.26. The Morgan fingerprint density at radius 1 is 1.03 bits per heavy atom. The van der Waals surface area contributed by atoms with Gasteiger partial charge < -0.3 is 15.0 Å². The average molecular weight is 489 g/mol. The second kappa shape index (κ2) is 11.2. The third-order valence-electron chi connectivity index (χ3n) is 5.99. The van der Waals surface area contributed by atoms with Gasteiger partial charge in [-0.25, -0.2) is 4.79 Å². The first-order valence-electron chi connectivity index (χ1n) is 11.6. The second-order valence-corrected chi connectivity index (χ2v) is 9.33. The van der Waals surface area contributed by atoms with Crippen LogP contribution in [0.1, 0.15) is 49.7 Å². The van der Waals surface area contributed by atoms with Gasteiger partial charge in [0.05, 0.1) is 17.9 Å². The molecule has 0 spiro atoms. The number of carbonyl (C=O) groups excluding carboxylic acids is 3. The van der Waals surface area contributed by atoms with E-state index in [-0.39, 0.29) is 23.8 Å². The topological polar surface area (TPSA) is 75.7 Å². The molecular weight excluding hydrogens is 460 g/mol. The van der Waals surface area contributed by atoms with Crippen molar-refractivity contribution in [3.8, 4) is 0 Å². The van der Waals surface area contributed by atoms with E-state index >= 15 is 0 Å². The summed E-state index contributed by atoms with van der Waals surface area (Å²) in [5, 5.41) is 2.83. The Hall–Kier alpha value is -3.58. The molecule has 3 aromatic carbocycles. The van der Waals surface area contributed by atoms with Crippen LogP contribution >= 0.6 is 11.8 Å². The third-order valence-corrected chi connectivity index (χ3v) is 7.24. The Bertz CT molecular complexity index is 1210. The van der Waals surface area contributed by atoms with Crippen LogP contribution in [0.4, 0.5) is 5.69 Å². The van der Waals surface area contributed by atoms with Gasteiger partial charge in [-0.15, -0.1) is 11.8 Å². The molecule has 3 aromatic rings. The molecule has 7 heteroatoms. The molecule has 1 fully saturated rings. The number of esters is 1. The Morgan fingerprint density at radius 3 is 2.49 bits per heavy atom. The highest BCUT2D eigenvalue weighted by Crippen LogP contribution is 2.38. The maximum atomic E-state index is 12.9. The highest BCUT2D eigenvalue weighted by Gasteiger charge is 2.32. The fourth-order valence-corrected chi connectivity index (χ4v) is 5.28. The van der Waals surface area contributed by atoms with E-state index in [4.69, 9.17) is 4.74 Å². The van der Waals surface area contributed by atoms with Crippen molar-refractivity contribution in [1.29, 1.82) is 0 Å². The van der Waals surface area contributed by atoms with Gasteiger partial charge in [0.25, 0.3) is 5.91 Å². The minimum atomic E-state index is -0.411. The van der Waals surface area contributed by atoms with Gasteiger partial charge in [-0.3, -0.25) is 9.59 Å². The van der Waals surface area contributed by atoms with Gasteiger partial charge in [-0.2, -0.15) is 0 Å². The number of hydrogen-bond donors (Lipinski definition) is 1. The monoisotopic (exact) mass is 488 g/mol. The summed E-state index contributed by atoms with van der Waals surface area (Å²) < 4.78 is 5.09. The van der Waals surface area contributed by atoms with Crippen molar-refractivity contribution in [2.24, 2.45) is 0 Å². The Balaban J connectivity index is 1.44. The summed E-state index contributed by atoms with van der Waals surface area (Å²) in [6, 6.07) is 22.7. The minimum absolute atomic E-state index is 0.0631. The van der Waals surface area contributed by atoms with Crippen LogP contribution in [-0.4, -0.2) is 41.6 Å². The van der Waals surface area contributed by atoms with Crippen molar-refractivity contribution in [1.82, 2.24) is 4.90 Å². The van der Waals surface area contributed by atoms with Gasteiger partial charge in [0, 0.05) is 17.8 Å². The lowest BCUT2D eigenvalue weighted by Gasteiger charge is -2.24. The van der Waals surface area contributed by atoms with Crippen LogP contribution in [0.25, 0.3) is 0 Å². The number of amides is 2. The Kier molecular flexibility index (Phi) is 7.87. The number of nitrogens with zero attached hydrogens (tertiary/aromatic N) is 1. The third kappa shape index (κ3) is 5.74. The molecule has 0 aromatic heterocycles. The van der Waals surface area contributed by atoms with Crippen LogP contribution in [0.5, 0.6) is 0 Å². The fourth-order valence-electron chi connectivity index (χ4n) is 4.06. The van der Waals surface area contributed by atoms with Crippen molar-refractivity contribution < 1.29 is 19.1 Å². The number of carbonyl (C=O) groups is 3. The SMILES string of the molecule is CCOC(=O)c1cccc(NC(=O)c2ccc([C@@H]3SCC(=O)N3CCc3ccccc3)cc2)c1C. The van der Waals surface area contributed by atoms with Gasteiger partial charge >= 0.3 is 5.97 Å². The summed E-state index contributed by atoms with van der Waals surface area (Å²) in [4.78, 5) is 39.5. The maximum absolute atomic E-state index is 12.9. The molecule has 1 aliphatic heterocycles. The molecule has 1 heterocycles. The first-order valence-corrected chi connectivity index (χ1v) is 12.7. The van der Waals surface area contributed by atoms with Crippen LogP contribution in [0, 0.1) is 6.92 Å². The summed E-state index contributed by atoms with van der Waals surface area (Å²) >= 11 is 1.61. The van der Waals surface area contributed by atoms with E-state index in [0.717, 1.165) is 12.0 Å². The van der Waals surface area contributed by atoms with Crippen molar-refractivity contribution in [2.45, 2.75) is 25.6 Å². The quantitative estimate of drug-likeness (QED) is 0.439. The van der Waals surface area contributed by atoms with Crippen molar-refractivity contribution >= 4 is 35.2 Å². The van der Waals surface area contributed by atoms with E-state index in [9.17, 15) is 14.4 Å². The average Bonchev–Trinajstić information content (AvgIpc) is 3.25. The molecule has 35 heavy (non-hydrogen) atoms. The number of ether oxygens (including phenoxy) is 1. The highest BCUT2D eigenvalue weighted by molar-refractivity contribution is 8.00. The number of nitrogens with one attached hydrogen (secondary N) is 1. The normalized spacial score (nSPS) is 15.2. The van der Waals surface area contributed by atoms with Crippen LogP contribution in [0.15, 0.2) is 72.8 Å². The molecule has 0 unspecified atom stereocenters. The van der Waals surface area contributed by atoms with Crippen molar-refractivity contribution in [2.75, 3.05) is 24.2 Å². The summed E-state index contributed by atoms with van der Waals surface area (Å²) in [5.74, 6) is -0.0880. The van der Waals surface area contributed by atoms with Crippen LogP contribution in [-0.2, 0) is 16.0 Å². The van der Waals surface area contributed by atoms with Crippen LogP contribution in [0.2, 0.25) is 0 Å². The van der Waals surface area contributed by atoms with E-state index in [0.29, 0.717) is 34.7 Å². The molecule has 1 aliphatic rings. The summed E-state index contributed by atoms with van der Waals surface area (Å²) in [5.41, 5.74) is 4.34. The lowest BCUT2D eigenvalue weighted by atomic mass is 10.1. The van der Waals surface area contributed by atoms with Crippen LogP contribution in [0.3, 0.4) is 0 Å². The minimum Gasteiger partial charge on any atom is -0.462 e. The predicted molar refractivity (Wildman–Crippen MR) is 139 cm³/mol. The van der Waals surface area contributed by atoms with E-state index in [1.165, 1.54) is 5.56 Å². The van der Waals surface area contributed by atoms with Gasteiger partial charge in [0.15, 0.2) is 0 Å². The standard InChI is InChI=1S/C28H28N2O4S/c1-3-34-28(33)23-10-7-11-24(19(23)2)29-26(32)21-12-14-22(15-13-21)27-30(25(31)18-35-27)17-16-20-8-5-4-6-9-20/h4-15,27H,3,16-18H2,1-2H3,(H,29,32)/t27-/m0/s1. The molecule has 1 saturated heterocycles. The molecule has 1 atom stereocenters. The lowest BCUT2D eigenvalue weighted by Crippen LogP contribution is -2.30. The van der Waals surface area contributed by atoms with Gasteiger partial charge in [0.2, 0.25) is 5.91 Å². The van der Waals surface area contributed by atoms with Gasteiger partial charge in [0.1, 0.15) is 5.37 Å². The summed E-state index contributed by atoms with van der Waals surface area (Å²) in [6.45, 7) is 4.48. The molecule has 0 aliphatic carbocycles. The lowest BCUT2D eigenvalue weighted by molar-refractivity contribution is -0.128. The van der Waals surface area contributed by atoms with E-state index in [2.05, 4.69) is 17.4 Å². The maximum Gasteiger partial charge on any atom is 0.338 e. The largest absolute Gasteiger partial charge is 0.462 e. The number of benzene rings is 3. The number of anilines is 1. The molecule has 6 nitrogen and oxygen atoms in total. The molecule has 0 bridgehead atoms. The highest BCUT2D eigenvalue weighted by atomic mass is 32.2. The first-order chi connectivity index (χ1) is 17.0. The zero-order valence-corrected chi connectivity index (χ0v) is 20.6. The van der Waals surface area contributed by atoms with E-state index in [1.807, 2.05) is 35.2 Å². The van der Waals surface area contributed by atoms with E-state index < -0.39 is 5.97 Å². The molecule has 4 rings (SSSR count). The predicted octanol–water partition coefficient (Wildman–Crippen LogP) is 5.24. The molecule has 0 radical (unpaired) electrons. The smallest absolute Gasteiger partial charge is 0.338 e. The number of thioether (sulfide) groups is 1. The van der Waals surface area contributed by atoms with Gasteiger partial charge in [-0.1, -0.05) is 48.5 Å². The summed E-state index contributed by atoms with van der Waals surface area (Å²) in [6.07, 6.45) is 0.800. The zero-order chi connectivity index (χ0) is 24.8. The fraction of sp³-hybridized carbons (Fsp3) is 0.250. The van der Waals surface area contributed by atoms with E-state index in [1.54, 1.807) is 55.9 Å². The molecule has 0 saturated carbocycles. The number of hydrogen-bond acceptors (Lipinski definition) is 5. The van der Waals surface area contributed by atoms with Crippen LogP contribution < -0.4 is 5.32 Å². The Labute approximate surface area is 209 Å². The molecule has 1 N–H and O–H groups in total. The molecule has 180 valence electrons.